The third kappa shape index (κ3) is 3.69. The zero-order chi connectivity index (χ0) is 15.4. The van der Waals surface area contributed by atoms with Gasteiger partial charge in [0.1, 0.15) is 5.82 Å². The van der Waals surface area contributed by atoms with E-state index < -0.39 is 11.9 Å². The van der Waals surface area contributed by atoms with Crippen LogP contribution in [-0.2, 0) is 4.79 Å². The van der Waals surface area contributed by atoms with Gasteiger partial charge in [0.25, 0.3) is 5.91 Å². The summed E-state index contributed by atoms with van der Waals surface area (Å²) in [6, 6.07) is 1.77. The molecule has 0 spiro atoms. The second-order valence-corrected chi connectivity index (χ2v) is 5.16. The van der Waals surface area contributed by atoms with Crippen LogP contribution in [0.25, 0.3) is 0 Å². The molecule has 7 heteroatoms. The van der Waals surface area contributed by atoms with Gasteiger partial charge in [0, 0.05) is 38.9 Å². The molecule has 1 aromatic heterocycles. The summed E-state index contributed by atoms with van der Waals surface area (Å²) in [6.45, 7) is 5.30. The van der Waals surface area contributed by atoms with Crippen molar-refractivity contribution in [2.75, 3.05) is 37.6 Å². The van der Waals surface area contributed by atoms with Crippen LogP contribution in [0.4, 0.5) is 5.82 Å². The Hall–Kier alpha value is -2.15. The largest absolute Gasteiger partial charge is 0.481 e. The Bertz CT molecular complexity index is 539. The smallest absolute Gasteiger partial charge is 0.304 e. The maximum Gasteiger partial charge on any atom is 0.304 e. The monoisotopic (exact) mass is 292 g/mol. The number of carboxylic acid groups (broad SMARTS) is 1. The van der Waals surface area contributed by atoms with Crippen molar-refractivity contribution in [2.24, 2.45) is 5.73 Å². The molecule has 2 heterocycles. The lowest BCUT2D eigenvalue weighted by Crippen LogP contribution is -2.47. The summed E-state index contributed by atoms with van der Waals surface area (Å²) < 4.78 is 0. The minimum atomic E-state index is -0.784. The van der Waals surface area contributed by atoms with Crippen LogP contribution in [-0.4, -0.2) is 59.6 Å². The summed E-state index contributed by atoms with van der Waals surface area (Å²) in [5.74, 6) is -0.627. The first-order valence-corrected chi connectivity index (χ1v) is 6.93. The number of carboxylic acids is 1. The number of aliphatic carboxylic acids is 1. The summed E-state index contributed by atoms with van der Waals surface area (Å²) in [6.07, 6.45) is 1.82. The molecule has 0 bridgehead atoms. The summed E-state index contributed by atoms with van der Waals surface area (Å²) in [5.41, 5.74) is 6.74. The van der Waals surface area contributed by atoms with Gasteiger partial charge in [0.15, 0.2) is 0 Å². The topological polar surface area (TPSA) is 99.8 Å². The van der Waals surface area contributed by atoms with Gasteiger partial charge in [-0.15, -0.1) is 0 Å². The van der Waals surface area contributed by atoms with E-state index >= 15 is 0 Å². The summed E-state index contributed by atoms with van der Waals surface area (Å²) in [4.78, 5) is 30.6. The van der Waals surface area contributed by atoms with Crippen molar-refractivity contribution in [3.05, 3.63) is 23.4 Å². The molecule has 0 radical (unpaired) electrons. The Labute approximate surface area is 123 Å². The molecule has 1 saturated heterocycles. The van der Waals surface area contributed by atoms with E-state index in [0.717, 1.165) is 18.7 Å². The lowest BCUT2D eigenvalue weighted by Gasteiger charge is -2.35. The number of aryl methyl sites for hydroxylation is 1. The average molecular weight is 292 g/mol. The van der Waals surface area contributed by atoms with Gasteiger partial charge in [-0.3, -0.25) is 14.5 Å². The highest BCUT2D eigenvalue weighted by atomic mass is 16.4. The second-order valence-electron chi connectivity index (χ2n) is 5.16. The maximum atomic E-state index is 11.6. The zero-order valence-electron chi connectivity index (χ0n) is 12.1. The number of amides is 1. The number of pyridine rings is 1. The van der Waals surface area contributed by atoms with Crippen molar-refractivity contribution in [3.8, 4) is 0 Å². The van der Waals surface area contributed by atoms with Crippen LogP contribution >= 0.6 is 0 Å². The number of nitrogens with zero attached hydrogens (tertiary/aromatic N) is 3. The number of rotatable bonds is 5. The fraction of sp³-hybridized carbons (Fsp3) is 0.500. The van der Waals surface area contributed by atoms with Gasteiger partial charge < -0.3 is 15.7 Å². The lowest BCUT2D eigenvalue weighted by molar-refractivity contribution is -0.137. The maximum absolute atomic E-state index is 11.6. The van der Waals surface area contributed by atoms with E-state index in [1.54, 1.807) is 12.3 Å². The Balaban J connectivity index is 2.04. The third-order valence-corrected chi connectivity index (χ3v) is 3.70. The van der Waals surface area contributed by atoms with Crippen LogP contribution in [0, 0.1) is 6.92 Å². The van der Waals surface area contributed by atoms with Gasteiger partial charge in [-0.2, -0.15) is 0 Å². The Kier molecular flexibility index (Phi) is 4.74. The van der Waals surface area contributed by atoms with Gasteiger partial charge >= 0.3 is 5.97 Å². The number of piperazine rings is 1. The molecule has 0 unspecified atom stereocenters. The van der Waals surface area contributed by atoms with Crippen molar-refractivity contribution in [1.29, 1.82) is 0 Å². The zero-order valence-corrected chi connectivity index (χ0v) is 12.1. The highest BCUT2D eigenvalue weighted by molar-refractivity contribution is 5.99. The molecule has 3 N–H and O–H groups in total. The highest BCUT2D eigenvalue weighted by Gasteiger charge is 2.23. The molecule has 1 amide bonds. The van der Waals surface area contributed by atoms with Crippen molar-refractivity contribution in [1.82, 2.24) is 9.88 Å². The third-order valence-electron chi connectivity index (χ3n) is 3.70. The first kappa shape index (κ1) is 15.2. The normalized spacial score (nSPS) is 16.0. The van der Waals surface area contributed by atoms with E-state index in [1.807, 2.05) is 11.8 Å². The average Bonchev–Trinajstić information content (AvgIpc) is 2.45. The van der Waals surface area contributed by atoms with Crippen molar-refractivity contribution < 1.29 is 14.7 Å². The fourth-order valence-electron chi connectivity index (χ4n) is 2.53. The molecule has 0 saturated carbocycles. The van der Waals surface area contributed by atoms with Crippen LogP contribution in [0.15, 0.2) is 12.3 Å². The number of carbonyl (C=O) groups excluding carboxylic acids is 1. The number of primary amides is 1. The molecule has 7 nitrogen and oxygen atoms in total. The standard InChI is InChI=1S/C14H20N4O3/c1-10-2-4-16-14(12(10)13(15)21)18-8-6-17(7-9-18)5-3-11(19)20/h2,4H,3,5-9H2,1H3,(H2,15,21)(H,19,20). The summed E-state index contributed by atoms with van der Waals surface area (Å²) >= 11 is 0. The number of carbonyl (C=O) groups is 2. The molecule has 1 aliphatic rings. The Morgan fingerprint density at radius 3 is 2.57 bits per heavy atom. The number of hydrogen-bond donors (Lipinski definition) is 2. The predicted octanol–water partition coefficient (Wildman–Crippen LogP) is 0.0856. The van der Waals surface area contributed by atoms with Crippen LogP contribution in [0.5, 0.6) is 0 Å². The molecule has 1 aliphatic heterocycles. The van der Waals surface area contributed by atoms with Gasteiger partial charge in [0.05, 0.1) is 12.0 Å². The first-order valence-electron chi connectivity index (χ1n) is 6.93. The molecule has 0 aliphatic carbocycles. The van der Waals surface area contributed by atoms with E-state index in [1.165, 1.54) is 0 Å². The molecule has 1 fully saturated rings. The molecule has 0 atom stereocenters. The van der Waals surface area contributed by atoms with E-state index in [-0.39, 0.29) is 6.42 Å². The van der Waals surface area contributed by atoms with Gasteiger partial charge in [-0.1, -0.05) is 0 Å². The lowest BCUT2D eigenvalue weighted by atomic mass is 10.1. The number of anilines is 1. The van der Waals surface area contributed by atoms with E-state index in [0.29, 0.717) is 31.0 Å². The number of nitrogens with two attached hydrogens (primary N) is 1. The van der Waals surface area contributed by atoms with E-state index in [4.69, 9.17) is 10.8 Å². The van der Waals surface area contributed by atoms with Gasteiger partial charge in [-0.05, 0) is 18.6 Å². The Morgan fingerprint density at radius 1 is 1.33 bits per heavy atom. The van der Waals surface area contributed by atoms with Gasteiger partial charge in [0.2, 0.25) is 0 Å². The SMILES string of the molecule is Cc1ccnc(N2CCN(CCC(=O)O)CC2)c1C(N)=O. The van der Waals surface area contributed by atoms with Crippen LogP contribution in [0.3, 0.4) is 0 Å². The molecule has 0 aromatic carbocycles. The number of hydrogen-bond acceptors (Lipinski definition) is 5. The fourth-order valence-corrected chi connectivity index (χ4v) is 2.53. The minimum absolute atomic E-state index is 0.148. The molecular weight excluding hydrogens is 272 g/mol. The Morgan fingerprint density at radius 2 is 2.00 bits per heavy atom. The van der Waals surface area contributed by atoms with Gasteiger partial charge in [-0.25, -0.2) is 4.98 Å². The van der Waals surface area contributed by atoms with Crippen LogP contribution in [0.1, 0.15) is 22.3 Å². The number of aromatic nitrogens is 1. The second kappa shape index (κ2) is 6.53. The molecule has 1 aromatic rings. The summed E-state index contributed by atoms with van der Waals surface area (Å²) in [7, 11) is 0. The molecule has 21 heavy (non-hydrogen) atoms. The molecule has 2 rings (SSSR count). The van der Waals surface area contributed by atoms with Crippen molar-refractivity contribution in [3.63, 3.8) is 0 Å². The first-order chi connectivity index (χ1) is 9.99. The molecule has 114 valence electrons. The quantitative estimate of drug-likeness (QED) is 0.797. The van der Waals surface area contributed by atoms with E-state index in [9.17, 15) is 9.59 Å². The summed E-state index contributed by atoms with van der Waals surface area (Å²) in [5, 5.41) is 8.70. The molecular formula is C14H20N4O3. The van der Waals surface area contributed by atoms with Crippen molar-refractivity contribution in [2.45, 2.75) is 13.3 Å². The predicted molar refractivity (Wildman–Crippen MR) is 78.4 cm³/mol. The van der Waals surface area contributed by atoms with E-state index in [2.05, 4.69) is 9.88 Å². The highest BCUT2D eigenvalue weighted by Crippen LogP contribution is 2.21. The van der Waals surface area contributed by atoms with Crippen molar-refractivity contribution >= 4 is 17.7 Å². The van der Waals surface area contributed by atoms with Crippen LogP contribution in [0.2, 0.25) is 0 Å². The minimum Gasteiger partial charge on any atom is -0.481 e. The van der Waals surface area contributed by atoms with Crippen LogP contribution < -0.4 is 10.6 Å².